The third-order valence-electron chi connectivity index (χ3n) is 3.45. The van der Waals surface area contributed by atoms with Crippen molar-refractivity contribution >= 4 is 0 Å². The van der Waals surface area contributed by atoms with Crippen molar-refractivity contribution in [3.8, 4) is 5.75 Å². The number of hydrogen-bond donors (Lipinski definition) is 1. The van der Waals surface area contributed by atoms with Crippen molar-refractivity contribution in [2.75, 3.05) is 0 Å². The van der Waals surface area contributed by atoms with E-state index in [1.54, 1.807) is 0 Å². The van der Waals surface area contributed by atoms with Crippen LogP contribution >= 0.6 is 0 Å². The number of phenols is 1. The lowest BCUT2D eigenvalue weighted by Gasteiger charge is -2.09. The summed E-state index contributed by atoms with van der Waals surface area (Å²) in [5.74, 6) is 1.36. The van der Waals surface area contributed by atoms with Gasteiger partial charge < -0.3 is 5.11 Å². The molecule has 0 saturated heterocycles. The molecule has 0 bridgehead atoms. The fourth-order valence-electron chi connectivity index (χ4n) is 2.36. The van der Waals surface area contributed by atoms with Crippen LogP contribution in [0.1, 0.15) is 64.0 Å². The van der Waals surface area contributed by atoms with E-state index in [-0.39, 0.29) is 0 Å². The smallest absolute Gasteiger partial charge is 0.121 e. The van der Waals surface area contributed by atoms with E-state index in [9.17, 15) is 5.11 Å². The molecule has 1 aromatic carbocycles. The van der Waals surface area contributed by atoms with Crippen molar-refractivity contribution in [3.05, 3.63) is 29.3 Å². The number of unbranched alkanes of at least 4 members (excludes halogenated alkanes) is 2. The van der Waals surface area contributed by atoms with E-state index in [1.165, 1.54) is 25.7 Å². The standard InChI is InChI=1S/C17H28O/c1-4-9-15-12-8-13-16(17(15)18)11-7-5-6-10-14(2)3/h8,12-14,18H,4-7,9-11H2,1-3H3. The molecule has 1 aromatic rings. The molecule has 0 unspecified atom stereocenters. The van der Waals surface area contributed by atoms with Crippen LogP contribution in [0.15, 0.2) is 18.2 Å². The van der Waals surface area contributed by atoms with Gasteiger partial charge >= 0.3 is 0 Å². The van der Waals surface area contributed by atoms with Gasteiger partial charge in [0.25, 0.3) is 0 Å². The molecule has 18 heavy (non-hydrogen) atoms. The number of benzene rings is 1. The highest BCUT2D eigenvalue weighted by molar-refractivity contribution is 5.40. The fourth-order valence-corrected chi connectivity index (χ4v) is 2.36. The van der Waals surface area contributed by atoms with Crippen LogP contribution in [0, 0.1) is 5.92 Å². The first-order chi connectivity index (χ1) is 8.65. The molecular weight excluding hydrogens is 220 g/mol. The summed E-state index contributed by atoms with van der Waals surface area (Å²) >= 11 is 0. The van der Waals surface area contributed by atoms with E-state index >= 15 is 0 Å². The Morgan fingerprint density at radius 3 is 2.28 bits per heavy atom. The van der Waals surface area contributed by atoms with Gasteiger partial charge in [0.05, 0.1) is 0 Å². The summed E-state index contributed by atoms with van der Waals surface area (Å²) < 4.78 is 0. The highest BCUT2D eigenvalue weighted by Gasteiger charge is 2.05. The van der Waals surface area contributed by atoms with Gasteiger partial charge in [-0.3, -0.25) is 0 Å². The molecule has 0 aromatic heterocycles. The summed E-state index contributed by atoms with van der Waals surface area (Å²) in [6.45, 7) is 6.71. The van der Waals surface area contributed by atoms with Gasteiger partial charge in [0.1, 0.15) is 5.75 Å². The number of phenolic OH excluding ortho intramolecular Hbond substituents is 1. The number of hydrogen-bond acceptors (Lipinski definition) is 1. The van der Waals surface area contributed by atoms with E-state index in [2.05, 4.69) is 32.9 Å². The lowest BCUT2D eigenvalue weighted by atomic mass is 9.99. The zero-order valence-corrected chi connectivity index (χ0v) is 12.2. The Hall–Kier alpha value is -0.980. The molecule has 0 aliphatic heterocycles. The van der Waals surface area contributed by atoms with Gasteiger partial charge in [0.15, 0.2) is 0 Å². The van der Waals surface area contributed by atoms with Crippen LogP contribution < -0.4 is 0 Å². The monoisotopic (exact) mass is 248 g/mol. The molecule has 1 nitrogen and oxygen atoms in total. The van der Waals surface area contributed by atoms with Crippen molar-refractivity contribution in [1.82, 2.24) is 0 Å². The molecule has 102 valence electrons. The molecule has 0 atom stereocenters. The maximum Gasteiger partial charge on any atom is 0.121 e. The van der Waals surface area contributed by atoms with Gasteiger partial charge in [-0.05, 0) is 36.3 Å². The number of aryl methyl sites for hydroxylation is 2. The van der Waals surface area contributed by atoms with Crippen molar-refractivity contribution in [3.63, 3.8) is 0 Å². The summed E-state index contributed by atoms with van der Waals surface area (Å²) in [6.07, 6.45) is 8.18. The van der Waals surface area contributed by atoms with Crippen LogP contribution in [-0.2, 0) is 12.8 Å². The molecule has 0 aliphatic carbocycles. The predicted octanol–water partition coefficient (Wildman–Crippen LogP) is 5.10. The Morgan fingerprint density at radius 2 is 1.67 bits per heavy atom. The molecule has 1 rings (SSSR count). The topological polar surface area (TPSA) is 20.2 Å². The van der Waals surface area contributed by atoms with Crippen LogP contribution in [-0.4, -0.2) is 5.11 Å². The molecule has 1 heteroatoms. The van der Waals surface area contributed by atoms with Gasteiger partial charge in [-0.2, -0.15) is 0 Å². The summed E-state index contributed by atoms with van der Waals surface area (Å²) in [7, 11) is 0. The van der Waals surface area contributed by atoms with Crippen LogP contribution in [0.2, 0.25) is 0 Å². The molecule has 0 amide bonds. The second kappa shape index (κ2) is 8.18. The minimum absolute atomic E-state index is 0.545. The minimum atomic E-state index is 0.545. The lowest BCUT2D eigenvalue weighted by Crippen LogP contribution is -1.93. The maximum absolute atomic E-state index is 10.2. The highest BCUT2D eigenvalue weighted by atomic mass is 16.3. The van der Waals surface area contributed by atoms with Crippen LogP contribution in [0.4, 0.5) is 0 Å². The van der Waals surface area contributed by atoms with Gasteiger partial charge in [-0.1, -0.05) is 64.7 Å². The van der Waals surface area contributed by atoms with Gasteiger partial charge in [-0.15, -0.1) is 0 Å². The van der Waals surface area contributed by atoms with Crippen molar-refractivity contribution in [2.24, 2.45) is 5.92 Å². The van der Waals surface area contributed by atoms with Crippen molar-refractivity contribution in [1.29, 1.82) is 0 Å². The van der Waals surface area contributed by atoms with Crippen LogP contribution in [0.3, 0.4) is 0 Å². The van der Waals surface area contributed by atoms with Gasteiger partial charge in [-0.25, -0.2) is 0 Å². The molecule has 0 fully saturated rings. The molecular formula is C17H28O. The summed E-state index contributed by atoms with van der Waals surface area (Å²) in [5.41, 5.74) is 2.24. The number of rotatable bonds is 8. The Kier molecular flexibility index (Phi) is 6.85. The second-order valence-corrected chi connectivity index (χ2v) is 5.67. The zero-order chi connectivity index (χ0) is 13.4. The average molecular weight is 248 g/mol. The first kappa shape index (κ1) is 15.1. The molecule has 0 aliphatic rings. The maximum atomic E-state index is 10.2. The molecule has 1 N–H and O–H groups in total. The van der Waals surface area contributed by atoms with E-state index in [0.717, 1.165) is 36.3 Å². The minimum Gasteiger partial charge on any atom is -0.507 e. The van der Waals surface area contributed by atoms with E-state index in [1.807, 2.05) is 6.07 Å². The van der Waals surface area contributed by atoms with Gasteiger partial charge in [0, 0.05) is 0 Å². The lowest BCUT2D eigenvalue weighted by molar-refractivity contribution is 0.457. The summed E-state index contributed by atoms with van der Waals surface area (Å²) in [6, 6.07) is 6.19. The summed E-state index contributed by atoms with van der Waals surface area (Å²) in [4.78, 5) is 0. The molecule has 0 saturated carbocycles. The molecule has 0 spiro atoms. The van der Waals surface area contributed by atoms with Crippen molar-refractivity contribution in [2.45, 2.75) is 65.7 Å². The van der Waals surface area contributed by atoms with E-state index < -0.39 is 0 Å². The zero-order valence-electron chi connectivity index (χ0n) is 12.2. The normalized spacial score (nSPS) is 11.1. The van der Waals surface area contributed by atoms with Crippen LogP contribution in [0.5, 0.6) is 5.75 Å². The average Bonchev–Trinajstić information content (AvgIpc) is 2.33. The van der Waals surface area contributed by atoms with Crippen molar-refractivity contribution < 1.29 is 5.11 Å². The Labute approximate surface area is 112 Å². The Balaban J connectivity index is 2.40. The number of para-hydroxylation sites is 1. The first-order valence-corrected chi connectivity index (χ1v) is 7.44. The highest BCUT2D eigenvalue weighted by Crippen LogP contribution is 2.25. The van der Waals surface area contributed by atoms with E-state index in [0.29, 0.717) is 5.75 Å². The quantitative estimate of drug-likeness (QED) is 0.634. The first-order valence-electron chi connectivity index (χ1n) is 7.44. The Bertz CT molecular complexity index is 341. The Morgan fingerprint density at radius 1 is 1.00 bits per heavy atom. The third-order valence-corrected chi connectivity index (χ3v) is 3.45. The third kappa shape index (κ3) is 5.12. The molecule has 0 heterocycles. The SMILES string of the molecule is CCCc1cccc(CCCCCC(C)C)c1O. The van der Waals surface area contributed by atoms with Gasteiger partial charge in [0.2, 0.25) is 0 Å². The van der Waals surface area contributed by atoms with Crippen LogP contribution in [0.25, 0.3) is 0 Å². The second-order valence-electron chi connectivity index (χ2n) is 5.67. The van der Waals surface area contributed by atoms with E-state index in [4.69, 9.17) is 0 Å². The number of aromatic hydroxyl groups is 1. The largest absolute Gasteiger partial charge is 0.507 e. The fraction of sp³-hybridized carbons (Fsp3) is 0.647. The summed E-state index contributed by atoms with van der Waals surface area (Å²) in [5, 5.41) is 10.2. The predicted molar refractivity (Wildman–Crippen MR) is 79.1 cm³/mol. The molecule has 0 radical (unpaired) electrons.